The molecule has 2 unspecified atom stereocenters. The van der Waals surface area contributed by atoms with Gasteiger partial charge in [-0.3, -0.25) is 9.69 Å². The van der Waals surface area contributed by atoms with E-state index < -0.39 is 0 Å². The number of nitrogens with zero attached hydrogens (tertiary/aromatic N) is 1. The van der Waals surface area contributed by atoms with Crippen LogP contribution in [-0.2, 0) is 11.3 Å². The summed E-state index contributed by atoms with van der Waals surface area (Å²) in [7, 11) is 1.99. The number of nitrogens with two attached hydrogens (primary N) is 1. The molecule has 0 aromatic heterocycles. The zero-order chi connectivity index (χ0) is 15.3. The lowest BCUT2D eigenvalue weighted by Crippen LogP contribution is -2.46. The van der Waals surface area contributed by atoms with Gasteiger partial charge in [-0.05, 0) is 38.4 Å². The van der Waals surface area contributed by atoms with Crippen molar-refractivity contribution < 1.29 is 4.79 Å². The Bertz CT molecular complexity index is 445. The SMILES string of the molecule is CC(C)C(C)N(C)C(C)C(=O)Nc1ccccc1CN. The van der Waals surface area contributed by atoms with Gasteiger partial charge in [0.1, 0.15) is 0 Å². The maximum Gasteiger partial charge on any atom is 0.241 e. The number of rotatable bonds is 6. The molecule has 0 bridgehead atoms. The van der Waals surface area contributed by atoms with Crippen molar-refractivity contribution in [3.05, 3.63) is 29.8 Å². The molecule has 0 spiro atoms. The molecular formula is C16H27N3O. The van der Waals surface area contributed by atoms with Gasteiger partial charge in [0.25, 0.3) is 0 Å². The Morgan fingerprint density at radius 3 is 2.40 bits per heavy atom. The van der Waals surface area contributed by atoms with Crippen LogP contribution in [0.4, 0.5) is 5.69 Å². The largest absolute Gasteiger partial charge is 0.326 e. The second kappa shape index (κ2) is 7.41. The smallest absolute Gasteiger partial charge is 0.241 e. The zero-order valence-electron chi connectivity index (χ0n) is 13.2. The fraction of sp³-hybridized carbons (Fsp3) is 0.562. The Morgan fingerprint density at radius 1 is 1.25 bits per heavy atom. The number of carbonyl (C=O) groups is 1. The lowest BCUT2D eigenvalue weighted by Gasteiger charge is -2.32. The predicted molar refractivity (Wildman–Crippen MR) is 84.5 cm³/mol. The number of hydrogen-bond acceptors (Lipinski definition) is 3. The Morgan fingerprint density at radius 2 is 1.85 bits per heavy atom. The van der Waals surface area contributed by atoms with Crippen molar-refractivity contribution in [3.8, 4) is 0 Å². The van der Waals surface area contributed by atoms with E-state index in [2.05, 4.69) is 31.0 Å². The first kappa shape index (κ1) is 16.7. The van der Waals surface area contributed by atoms with E-state index in [1.165, 1.54) is 0 Å². The molecule has 0 radical (unpaired) electrons. The van der Waals surface area contributed by atoms with E-state index in [1.807, 2.05) is 38.2 Å². The molecule has 4 heteroatoms. The summed E-state index contributed by atoms with van der Waals surface area (Å²) in [4.78, 5) is 14.5. The van der Waals surface area contributed by atoms with Gasteiger partial charge in [0.2, 0.25) is 5.91 Å². The van der Waals surface area contributed by atoms with Crippen molar-refractivity contribution >= 4 is 11.6 Å². The molecule has 0 aliphatic rings. The van der Waals surface area contributed by atoms with Crippen LogP contribution >= 0.6 is 0 Å². The van der Waals surface area contributed by atoms with Crippen molar-refractivity contribution in [1.29, 1.82) is 0 Å². The Kier molecular flexibility index (Phi) is 6.17. The van der Waals surface area contributed by atoms with Crippen LogP contribution in [0.1, 0.15) is 33.3 Å². The first-order chi connectivity index (χ1) is 9.38. The molecule has 0 saturated carbocycles. The molecule has 20 heavy (non-hydrogen) atoms. The van der Waals surface area contributed by atoms with Crippen molar-refractivity contribution in [2.45, 2.75) is 46.3 Å². The molecule has 112 valence electrons. The Labute approximate surface area is 122 Å². The monoisotopic (exact) mass is 277 g/mol. The lowest BCUT2D eigenvalue weighted by molar-refractivity contribution is -0.121. The highest BCUT2D eigenvalue weighted by atomic mass is 16.2. The number of carbonyl (C=O) groups excluding carboxylic acids is 1. The zero-order valence-corrected chi connectivity index (χ0v) is 13.2. The van der Waals surface area contributed by atoms with E-state index in [4.69, 9.17) is 5.73 Å². The predicted octanol–water partition coefficient (Wildman–Crippen LogP) is 2.45. The Balaban J connectivity index is 2.75. The highest BCUT2D eigenvalue weighted by molar-refractivity contribution is 5.95. The third-order valence-electron chi connectivity index (χ3n) is 4.09. The number of amides is 1. The second-order valence-electron chi connectivity index (χ2n) is 5.68. The molecule has 0 aliphatic heterocycles. The van der Waals surface area contributed by atoms with Crippen LogP contribution in [0.25, 0.3) is 0 Å². The molecule has 0 fully saturated rings. The summed E-state index contributed by atoms with van der Waals surface area (Å²) >= 11 is 0. The molecule has 0 aliphatic carbocycles. The number of benzene rings is 1. The summed E-state index contributed by atoms with van der Waals surface area (Å²) in [5, 5.41) is 2.98. The van der Waals surface area contributed by atoms with Gasteiger partial charge >= 0.3 is 0 Å². The second-order valence-corrected chi connectivity index (χ2v) is 5.68. The molecule has 3 N–H and O–H groups in total. The summed E-state index contributed by atoms with van der Waals surface area (Å²) in [6, 6.07) is 7.81. The van der Waals surface area contributed by atoms with Gasteiger partial charge in [-0.25, -0.2) is 0 Å². The summed E-state index contributed by atoms with van der Waals surface area (Å²) in [6.07, 6.45) is 0. The number of nitrogens with one attached hydrogen (secondary N) is 1. The molecule has 2 atom stereocenters. The van der Waals surface area contributed by atoms with Crippen LogP contribution < -0.4 is 11.1 Å². The number of anilines is 1. The first-order valence-corrected chi connectivity index (χ1v) is 7.19. The normalized spacial score (nSPS) is 14.4. The van der Waals surface area contributed by atoms with Gasteiger partial charge in [0.05, 0.1) is 6.04 Å². The molecule has 1 amide bonds. The van der Waals surface area contributed by atoms with Crippen molar-refractivity contribution in [2.75, 3.05) is 12.4 Å². The van der Waals surface area contributed by atoms with Crippen LogP contribution in [0, 0.1) is 5.92 Å². The minimum atomic E-state index is -0.182. The van der Waals surface area contributed by atoms with Crippen LogP contribution in [0.5, 0.6) is 0 Å². The maximum absolute atomic E-state index is 12.4. The minimum absolute atomic E-state index is 0.000833. The van der Waals surface area contributed by atoms with Crippen molar-refractivity contribution in [1.82, 2.24) is 4.90 Å². The van der Waals surface area contributed by atoms with Gasteiger partial charge in [-0.2, -0.15) is 0 Å². The van der Waals surface area contributed by atoms with Crippen LogP contribution in [-0.4, -0.2) is 29.9 Å². The number of likely N-dealkylation sites (N-methyl/N-ethyl adjacent to an activating group) is 1. The standard InChI is InChI=1S/C16H27N3O/c1-11(2)12(3)19(5)13(4)16(20)18-15-9-7-6-8-14(15)10-17/h6-9,11-13H,10,17H2,1-5H3,(H,18,20). The quantitative estimate of drug-likeness (QED) is 0.839. The van der Waals surface area contributed by atoms with Crippen molar-refractivity contribution in [3.63, 3.8) is 0 Å². The van der Waals surface area contributed by atoms with Gasteiger partial charge in [0.15, 0.2) is 0 Å². The molecule has 0 saturated heterocycles. The highest BCUT2D eigenvalue weighted by Crippen LogP contribution is 2.16. The number of para-hydroxylation sites is 1. The lowest BCUT2D eigenvalue weighted by atomic mass is 10.0. The molecule has 0 heterocycles. The third-order valence-corrected chi connectivity index (χ3v) is 4.09. The molecule has 4 nitrogen and oxygen atoms in total. The van der Waals surface area contributed by atoms with Gasteiger partial charge in [0, 0.05) is 18.3 Å². The average molecular weight is 277 g/mol. The van der Waals surface area contributed by atoms with Gasteiger partial charge < -0.3 is 11.1 Å². The van der Waals surface area contributed by atoms with E-state index in [0.29, 0.717) is 18.5 Å². The van der Waals surface area contributed by atoms with Gasteiger partial charge in [-0.1, -0.05) is 32.0 Å². The molecule has 1 aromatic carbocycles. The van der Waals surface area contributed by atoms with Crippen LogP contribution in [0.2, 0.25) is 0 Å². The summed E-state index contributed by atoms with van der Waals surface area (Å²) in [5.74, 6) is 0.507. The van der Waals surface area contributed by atoms with E-state index in [0.717, 1.165) is 11.3 Å². The van der Waals surface area contributed by atoms with E-state index in [-0.39, 0.29) is 11.9 Å². The minimum Gasteiger partial charge on any atom is -0.326 e. The first-order valence-electron chi connectivity index (χ1n) is 7.19. The number of hydrogen-bond donors (Lipinski definition) is 2. The Hall–Kier alpha value is -1.39. The molecule has 1 rings (SSSR count). The maximum atomic E-state index is 12.4. The molecule has 1 aromatic rings. The fourth-order valence-electron chi connectivity index (χ4n) is 2.07. The summed E-state index contributed by atoms with van der Waals surface area (Å²) in [5.41, 5.74) is 7.44. The third kappa shape index (κ3) is 4.05. The highest BCUT2D eigenvalue weighted by Gasteiger charge is 2.24. The van der Waals surface area contributed by atoms with Gasteiger partial charge in [-0.15, -0.1) is 0 Å². The average Bonchev–Trinajstić information content (AvgIpc) is 2.45. The fourth-order valence-corrected chi connectivity index (χ4v) is 2.07. The van der Waals surface area contributed by atoms with Crippen molar-refractivity contribution in [2.24, 2.45) is 11.7 Å². The summed E-state index contributed by atoms with van der Waals surface area (Å²) < 4.78 is 0. The topological polar surface area (TPSA) is 58.4 Å². The van der Waals surface area contributed by atoms with E-state index >= 15 is 0 Å². The van der Waals surface area contributed by atoms with Crippen LogP contribution in [0.15, 0.2) is 24.3 Å². The molecular weight excluding hydrogens is 250 g/mol. The van der Waals surface area contributed by atoms with Crippen LogP contribution in [0.3, 0.4) is 0 Å². The van der Waals surface area contributed by atoms with E-state index in [1.54, 1.807) is 0 Å². The van der Waals surface area contributed by atoms with E-state index in [9.17, 15) is 4.79 Å². The summed E-state index contributed by atoms with van der Waals surface area (Å²) in [6.45, 7) is 8.82.